The van der Waals surface area contributed by atoms with E-state index in [1.165, 1.54) is 25.7 Å². The van der Waals surface area contributed by atoms with Crippen LogP contribution in [0.15, 0.2) is 12.5 Å². The molecule has 0 bridgehead atoms. The fourth-order valence-corrected chi connectivity index (χ4v) is 2.96. The van der Waals surface area contributed by atoms with Crippen molar-refractivity contribution in [2.75, 3.05) is 20.7 Å². The molecule has 0 aromatic carbocycles. The fourth-order valence-electron chi connectivity index (χ4n) is 2.96. The zero-order valence-corrected chi connectivity index (χ0v) is 11.3. The minimum Gasteiger partial charge on any atom is -0.394 e. The molecule has 0 saturated heterocycles. The van der Waals surface area contributed by atoms with Gasteiger partial charge in [0.1, 0.15) is 0 Å². The van der Waals surface area contributed by atoms with Crippen molar-refractivity contribution in [1.29, 1.82) is 0 Å². The topological polar surface area (TPSA) is 67.3 Å². The number of hydrogen-bond acceptors (Lipinski definition) is 4. The normalized spacial score (nSPS) is 20.5. The minimum atomic E-state index is -0.340. The summed E-state index contributed by atoms with van der Waals surface area (Å²) in [6.07, 6.45) is 8.59. The minimum absolute atomic E-state index is 0.0410. The monoisotopic (exact) mass is 252 g/mol. The van der Waals surface area contributed by atoms with Gasteiger partial charge < -0.3 is 20.3 Å². The van der Waals surface area contributed by atoms with E-state index in [0.29, 0.717) is 0 Å². The average Bonchev–Trinajstić information content (AvgIpc) is 2.98. The Morgan fingerprint density at radius 1 is 1.50 bits per heavy atom. The van der Waals surface area contributed by atoms with Crippen LogP contribution in [0.4, 0.5) is 0 Å². The van der Waals surface area contributed by atoms with Crippen molar-refractivity contribution in [3.63, 3.8) is 0 Å². The molecule has 1 aromatic heterocycles. The van der Waals surface area contributed by atoms with Gasteiger partial charge >= 0.3 is 0 Å². The molecular weight excluding hydrogens is 228 g/mol. The maximum absolute atomic E-state index is 9.19. The highest BCUT2D eigenvalue weighted by molar-refractivity contribution is 5.07. The summed E-state index contributed by atoms with van der Waals surface area (Å²) in [6.45, 7) is 0.865. The van der Waals surface area contributed by atoms with Gasteiger partial charge in [0.2, 0.25) is 0 Å². The molecule has 1 aliphatic carbocycles. The first-order valence-corrected chi connectivity index (χ1v) is 6.63. The van der Waals surface area contributed by atoms with Crippen LogP contribution in [0.3, 0.4) is 0 Å². The van der Waals surface area contributed by atoms with Gasteiger partial charge in [-0.1, -0.05) is 12.8 Å². The Labute approximate surface area is 109 Å². The van der Waals surface area contributed by atoms with Crippen LogP contribution in [0.1, 0.15) is 37.4 Å². The Kier molecular flexibility index (Phi) is 4.04. The summed E-state index contributed by atoms with van der Waals surface area (Å²) in [4.78, 5) is 6.50. The van der Waals surface area contributed by atoms with Crippen molar-refractivity contribution >= 4 is 0 Å². The Morgan fingerprint density at radius 2 is 2.17 bits per heavy atom. The lowest BCUT2D eigenvalue weighted by atomic mass is 9.95. The molecule has 2 rings (SSSR count). The predicted molar refractivity (Wildman–Crippen MR) is 71.1 cm³/mol. The Balaban J connectivity index is 2.20. The zero-order valence-electron chi connectivity index (χ0n) is 11.3. The van der Waals surface area contributed by atoms with Crippen LogP contribution in [0.5, 0.6) is 0 Å². The number of aliphatic hydroxyl groups excluding tert-OH is 1. The maximum Gasteiger partial charge on any atom is 0.0949 e. The van der Waals surface area contributed by atoms with E-state index < -0.39 is 0 Å². The van der Waals surface area contributed by atoms with Crippen molar-refractivity contribution in [2.24, 2.45) is 5.73 Å². The number of rotatable bonds is 5. The molecule has 1 fully saturated rings. The van der Waals surface area contributed by atoms with Gasteiger partial charge in [0, 0.05) is 18.3 Å². The molecular formula is C13H24N4O. The second-order valence-corrected chi connectivity index (χ2v) is 5.56. The van der Waals surface area contributed by atoms with E-state index in [1.807, 2.05) is 6.33 Å². The fraction of sp³-hybridized carbons (Fsp3) is 0.769. The highest BCUT2D eigenvalue weighted by atomic mass is 16.3. The Morgan fingerprint density at radius 3 is 2.72 bits per heavy atom. The van der Waals surface area contributed by atoms with Gasteiger partial charge in [-0.25, -0.2) is 4.98 Å². The number of likely N-dealkylation sites (N-methyl/N-ethyl adjacent to an activating group) is 1. The van der Waals surface area contributed by atoms with Crippen LogP contribution in [0.25, 0.3) is 0 Å². The summed E-state index contributed by atoms with van der Waals surface area (Å²) in [7, 11) is 4.29. The van der Waals surface area contributed by atoms with E-state index >= 15 is 0 Å². The van der Waals surface area contributed by atoms with Crippen LogP contribution < -0.4 is 5.73 Å². The number of aliphatic hydroxyl groups is 1. The highest BCUT2D eigenvalue weighted by Crippen LogP contribution is 2.35. The molecule has 5 heteroatoms. The molecule has 0 aliphatic heterocycles. The number of hydrogen-bond donors (Lipinski definition) is 2. The van der Waals surface area contributed by atoms with Gasteiger partial charge in [0.15, 0.2) is 0 Å². The largest absolute Gasteiger partial charge is 0.394 e. The van der Waals surface area contributed by atoms with E-state index in [4.69, 9.17) is 5.73 Å². The molecule has 1 aliphatic rings. The third-order valence-corrected chi connectivity index (χ3v) is 4.27. The van der Waals surface area contributed by atoms with E-state index in [2.05, 4.69) is 28.5 Å². The standard InChI is InChI=1S/C13H24N4O/c1-16(2)13(5-3-4-6-13)9-17-10-15-7-12(17)11(14)8-18/h7,10-11,18H,3-6,8-9,14H2,1-2H3. The lowest BCUT2D eigenvalue weighted by Gasteiger charge is -2.37. The SMILES string of the molecule is CN(C)C1(Cn2cncc2C(N)CO)CCCC1. The summed E-state index contributed by atoms with van der Waals surface area (Å²) >= 11 is 0. The van der Waals surface area contributed by atoms with E-state index in [9.17, 15) is 5.11 Å². The molecule has 5 nitrogen and oxygen atoms in total. The molecule has 1 saturated carbocycles. The molecule has 0 amide bonds. The van der Waals surface area contributed by atoms with Gasteiger partial charge in [-0.3, -0.25) is 0 Å². The molecule has 0 radical (unpaired) electrons. The lowest BCUT2D eigenvalue weighted by Crippen LogP contribution is -2.45. The maximum atomic E-state index is 9.19. The first-order chi connectivity index (χ1) is 8.59. The number of imidazole rings is 1. The van der Waals surface area contributed by atoms with Crippen LogP contribution in [-0.2, 0) is 6.54 Å². The van der Waals surface area contributed by atoms with Gasteiger partial charge in [0.05, 0.1) is 24.7 Å². The summed E-state index contributed by atoms with van der Waals surface area (Å²) in [5, 5.41) is 9.19. The zero-order chi connectivity index (χ0) is 13.2. The number of nitrogens with zero attached hydrogens (tertiary/aromatic N) is 3. The molecule has 1 heterocycles. The molecule has 18 heavy (non-hydrogen) atoms. The molecule has 1 unspecified atom stereocenters. The predicted octanol–water partition coefficient (Wildman–Crippen LogP) is 0.750. The van der Waals surface area contributed by atoms with Crippen molar-refractivity contribution in [3.8, 4) is 0 Å². The highest BCUT2D eigenvalue weighted by Gasteiger charge is 2.36. The van der Waals surface area contributed by atoms with Crippen LogP contribution in [-0.4, -0.2) is 45.8 Å². The molecule has 0 spiro atoms. The lowest BCUT2D eigenvalue weighted by molar-refractivity contribution is 0.131. The Hall–Kier alpha value is -0.910. The van der Waals surface area contributed by atoms with Gasteiger partial charge in [-0.15, -0.1) is 0 Å². The summed E-state index contributed by atoms with van der Waals surface area (Å²) < 4.78 is 2.10. The van der Waals surface area contributed by atoms with E-state index in [-0.39, 0.29) is 18.2 Å². The molecule has 3 N–H and O–H groups in total. The van der Waals surface area contributed by atoms with Crippen molar-refractivity contribution in [1.82, 2.24) is 14.5 Å². The van der Waals surface area contributed by atoms with Gasteiger partial charge in [-0.05, 0) is 26.9 Å². The van der Waals surface area contributed by atoms with Gasteiger partial charge in [0.25, 0.3) is 0 Å². The van der Waals surface area contributed by atoms with Crippen LogP contribution in [0, 0.1) is 0 Å². The van der Waals surface area contributed by atoms with Gasteiger partial charge in [-0.2, -0.15) is 0 Å². The first-order valence-electron chi connectivity index (χ1n) is 6.63. The third kappa shape index (κ3) is 2.43. The van der Waals surface area contributed by atoms with E-state index in [0.717, 1.165) is 12.2 Å². The van der Waals surface area contributed by atoms with Crippen molar-refractivity contribution in [3.05, 3.63) is 18.2 Å². The molecule has 102 valence electrons. The van der Waals surface area contributed by atoms with E-state index in [1.54, 1.807) is 6.20 Å². The molecule has 1 atom stereocenters. The number of nitrogens with two attached hydrogens (primary N) is 1. The second-order valence-electron chi connectivity index (χ2n) is 5.56. The van der Waals surface area contributed by atoms with Crippen molar-refractivity contribution < 1.29 is 5.11 Å². The third-order valence-electron chi connectivity index (χ3n) is 4.27. The van der Waals surface area contributed by atoms with Crippen LogP contribution >= 0.6 is 0 Å². The smallest absolute Gasteiger partial charge is 0.0949 e. The van der Waals surface area contributed by atoms with Crippen molar-refractivity contribution in [2.45, 2.75) is 43.8 Å². The average molecular weight is 252 g/mol. The quantitative estimate of drug-likeness (QED) is 0.811. The second kappa shape index (κ2) is 5.38. The summed E-state index contributed by atoms with van der Waals surface area (Å²) in [6, 6.07) is -0.340. The Bertz CT molecular complexity index is 382. The number of aromatic nitrogens is 2. The summed E-state index contributed by atoms with van der Waals surface area (Å²) in [5.41, 5.74) is 7.04. The molecule has 1 aromatic rings. The first kappa shape index (κ1) is 13.5. The van der Waals surface area contributed by atoms with Crippen LogP contribution in [0.2, 0.25) is 0 Å². The summed E-state index contributed by atoms with van der Waals surface area (Å²) in [5.74, 6) is 0.